The third-order valence-corrected chi connectivity index (χ3v) is 5.04. The second kappa shape index (κ2) is 9.60. The summed E-state index contributed by atoms with van der Waals surface area (Å²) in [6.45, 7) is 7.88. The Morgan fingerprint density at radius 2 is 1.50 bits per heavy atom. The van der Waals surface area contributed by atoms with Crippen molar-refractivity contribution in [2.45, 2.75) is 33.2 Å². The van der Waals surface area contributed by atoms with E-state index in [0.717, 1.165) is 0 Å². The van der Waals surface area contributed by atoms with Crippen LogP contribution in [0.3, 0.4) is 0 Å². The lowest BCUT2D eigenvalue weighted by Crippen LogP contribution is -2.46. The summed E-state index contributed by atoms with van der Waals surface area (Å²) in [7, 11) is -2.53. The maximum Gasteiger partial charge on any atom is 0.501 e. The summed E-state index contributed by atoms with van der Waals surface area (Å²) >= 11 is 0. The van der Waals surface area contributed by atoms with Gasteiger partial charge in [-0.3, -0.25) is 0 Å². The molecule has 0 amide bonds. The van der Waals surface area contributed by atoms with Crippen molar-refractivity contribution in [1.82, 2.24) is 0 Å². The Labute approximate surface area is 98.6 Å². The van der Waals surface area contributed by atoms with E-state index in [4.69, 9.17) is 18.5 Å². The van der Waals surface area contributed by atoms with E-state index in [9.17, 15) is 0 Å². The zero-order valence-corrected chi connectivity index (χ0v) is 11.3. The lowest BCUT2D eigenvalue weighted by atomic mass is 10.5. The molecule has 0 unspecified atom stereocenters. The molecule has 0 fully saturated rings. The number of nitrogens with zero attached hydrogens (tertiary/aromatic N) is 1. The normalized spacial score (nSPS) is 11.1. The number of rotatable bonds is 10. The van der Waals surface area contributed by atoms with Crippen LogP contribution in [0.15, 0.2) is 0 Å². The van der Waals surface area contributed by atoms with Crippen molar-refractivity contribution >= 4 is 8.80 Å². The van der Waals surface area contributed by atoms with Crippen LogP contribution in [0.5, 0.6) is 0 Å². The van der Waals surface area contributed by atoms with Crippen LogP contribution in [0.2, 0.25) is 6.04 Å². The summed E-state index contributed by atoms with van der Waals surface area (Å²) in [4.78, 5) is 0. The topological polar surface area (TPSA) is 60.7 Å². The minimum Gasteiger partial charge on any atom is -0.428 e. The van der Waals surface area contributed by atoms with Crippen molar-refractivity contribution in [1.29, 1.82) is 5.26 Å². The third-order valence-electron chi connectivity index (χ3n) is 1.89. The summed E-state index contributed by atoms with van der Waals surface area (Å²) in [5, 5.41) is 8.25. The molecule has 0 rings (SSSR count). The fourth-order valence-corrected chi connectivity index (χ4v) is 3.99. The highest BCUT2D eigenvalue weighted by Gasteiger charge is 2.39. The van der Waals surface area contributed by atoms with Gasteiger partial charge >= 0.3 is 8.80 Å². The molecule has 0 atom stereocenters. The zero-order valence-electron chi connectivity index (χ0n) is 10.3. The summed E-state index contributed by atoms with van der Waals surface area (Å²) in [5.41, 5.74) is 0. The second-order valence-electron chi connectivity index (χ2n) is 3.03. The molecule has 16 heavy (non-hydrogen) atoms. The SMILES string of the molecule is CCO[Si](CCCOC#N)(OCC)OCC. The molecule has 0 heterocycles. The van der Waals surface area contributed by atoms with Crippen molar-refractivity contribution in [3.05, 3.63) is 0 Å². The van der Waals surface area contributed by atoms with E-state index < -0.39 is 8.80 Å². The fourth-order valence-electron chi connectivity index (χ4n) is 1.41. The second-order valence-corrected chi connectivity index (χ2v) is 5.76. The Balaban J connectivity index is 4.18. The van der Waals surface area contributed by atoms with Crippen molar-refractivity contribution in [2.75, 3.05) is 26.4 Å². The van der Waals surface area contributed by atoms with E-state index in [-0.39, 0.29) is 0 Å². The van der Waals surface area contributed by atoms with E-state index in [0.29, 0.717) is 38.9 Å². The first-order valence-corrected chi connectivity index (χ1v) is 7.60. The van der Waals surface area contributed by atoms with Crippen LogP contribution in [0.4, 0.5) is 0 Å². The minimum atomic E-state index is -2.53. The van der Waals surface area contributed by atoms with Gasteiger partial charge in [-0.15, -0.1) is 0 Å². The maximum absolute atomic E-state index is 8.25. The molecule has 0 aliphatic heterocycles. The van der Waals surface area contributed by atoms with Gasteiger partial charge < -0.3 is 18.0 Å². The Kier molecular flexibility index (Phi) is 9.23. The number of hydrogen-bond acceptors (Lipinski definition) is 5. The molecule has 0 aromatic rings. The molecular formula is C10H21NO4Si. The predicted octanol–water partition coefficient (Wildman–Crippen LogP) is 1.92. The first-order chi connectivity index (χ1) is 7.74. The summed E-state index contributed by atoms with van der Waals surface area (Å²) in [6, 6.07) is 0.685. The fraction of sp³-hybridized carbons (Fsp3) is 0.900. The number of hydrogen-bond donors (Lipinski definition) is 0. The maximum atomic E-state index is 8.25. The van der Waals surface area contributed by atoms with Crippen molar-refractivity contribution in [2.24, 2.45) is 0 Å². The van der Waals surface area contributed by atoms with Crippen LogP contribution >= 0.6 is 0 Å². The van der Waals surface area contributed by atoms with Crippen LogP contribution in [0.25, 0.3) is 0 Å². The van der Waals surface area contributed by atoms with Crippen LogP contribution in [0.1, 0.15) is 27.2 Å². The number of nitriles is 1. The molecule has 5 nitrogen and oxygen atoms in total. The lowest BCUT2D eigenvalue weighted by molar-refractivity contribution is 0.0692. The highest BCUT2D eigenvalue weighted by atomic mass is 28.4. The van der Waals surface area contributed by atoms with Crippen molar-refractivity contribution in [3.63, 3.8) is 0 Å². The smallest absolute Gasteiger partial charge is 0.428 e. The standard InChI is InChI=1S/C10H21NO4Si/c1-4-13-16(14-5-2,15-6-3)9-7-8-12-10-11/h4-9H2,1-3H3. The van der Waals surface area contributed by atoms with Gasteiger partial charge in [-0.25, -0.2) is 0 Å². The Hall–Kier alpha value is -0.613. The van der Waals surface area contributed by atoms with Gasteiger partial charge in [-0.1, -0.05) is 0 Å². The summed E-state index contributed by atoms with van der Waals surface area (Å²) < 4.78 is 21.6. The average Bonchev–Trinajstić information content (AvgIpc) is 2.26. The Morgan fingerprint density at radius 1 is 1.00 bits per heavy atom. The lowest BCUT2D eigenvalue weighted by Gasteiger charge is -2.28. The molecule has 0 bridgehead atoms. The molecule has 0 N–H and O–H groups in total. The van der Waals surface area contributed by atoms with E-state index in [2.05, 4.69) is 4.74 Å². The van der Waals surface area contributed by atoms with Crippen LogP contribution in [-0.4, -0.2) is 35.2 Å². The molecule has 0 saturated carbocycles. The van der Waals surface area contributed by atoms with Gasteiger partial charge in [-0.05, 0) is 27.2 Å². The minimum absolute atomic E-state index is 0.387. The highest BCUT2D eigenvalue weighted by Crippen LogP contribution is 2.18. The van der Waals surface area contributed by atoms with Gasteiger partial charge in [0.15, 0.2) is 0 Å². The molecule has 0 saturated heterocycles. The van der Waals surface area contributed by atoms with E-state index >= 15 is 0 Å². The molecule has 0 aromatic carbocycles. The first-order valence-electron chi connectivity index (χ1n) is 5.67. The average molecular weight is 247 g/mol. The predicted molar refractivity (Wildman–Crippen MR) is 61.6 cm³/mol. The molecule has 6 heteroatoms. The van der Waals surface area contributed by atoms with Gasteiger partial charge in [0.2, 0.25) is 0 Å². The molecule has 0 aliphatic rings. The highest BCUT2D eigenvalue weighted by molar-refractivity contribution is 6.60. The van der Waals surface area contributed by atoms with Crippen molar-refractivity contribution < 1.29 is 18.0 Å². The van der Waals surface area contributed by atoms with Crippen molar-refractivity contribution in [3.8, 4) is 6.26 Å². The van der Waals surface area contributed by atoms with Gasteiger partial charge in [0, 0.05) is 25.9 Å². The van der Waals surface area contributed by atoms with Crippen LogP contribution in [-0.2, 0) is 18.0 Å². The van der Waals surface area contributed by atoms with Crippen LogP contribution < -0.4 is 0 Å². The molecule has 0 aromatic heterocycles. The van der Waals surface area contributed by atoms with E-state index in [1.54, 1.807) is 6.26 Å². The largest absolute Gasteiger partial charge is 0.501 e. The third kappa shape index (κ3) is 6.08. The van der Waals surface area contributed by atoms with E-state index in [1.807, 2.05) is 20.8 Å². The van der Waals surface area contributed by atoms with Gasteiger partial charge in [0.1, 0.15) is 6.61 Å². The van der Waals surface area contributed by atoms with Gasteiger partial charge in [0.05, 0.1) is 0 Å². The molecular weight excluding hydrogens is 226 g/mol. The molecule has 0 spiro atoms. The molecule has 94 valence electrons. The molecule has 0 radical (unpaired) electrons. The van der Waals surface area contributed by atoms with Crippen LogP contribution in [0, 0.1) is 11.5 Å². The van der Waals surface area contributed by atoms with Gasteiger partial charge in [0.25, 0.3) is 6.26 Å². The number of ether oxygens (including phenoxy) is 1. The first kappa shape index (κ1) is 15.4. The monoisotopic (exact) mass is 247 g/mol. The van der Waals surface area contributed by atoms with Gasteiger partial charge in [-0.2, -0.15) is 5.26 Å². The zero-order chi connectivity index (χ0) is 12.3. The molecule has 0 aliphatic carbocycles. The quantitative estimate of drug-likeness (QED) is 0.335. The summed E-state index contributed by atoms with van der Waals surface area (Å²) in [6.07, 6.45) is 2.35. The summed E-state index contributed by atoms with van der Waals surface area (Å²) in [5.74, 6) is 0. The Morgan fingerprint density at radius 3 is 1.88 bits per heavy atom. The van der Waals surface area contributed by atoms with E-state index in [1.165, 1.54) is 0 Å². The Bertz CT molecular complexity index is 190.